The number of halogens is 8. The fourth-order valence-electron chi connectivity index (χ4n) is 4.47. The molecule has 0 amide bonds. The molecule has 1 atom stereocenters. The summed E-state index contributed by atoms with van der Waals surface area (Å²) < 4.78 is 101. The van der Waals surface area contributed by atoms with Gasteiger partial charge in [-0.15, -0.1) is 0 Å². The van der Waals surface area contributed by atoms with Crippen LogP contribution in [0.1, 0.15) is 40.8 Å². The van der Waals surface area contributed by atoms with Crippen molar-refractivity contribution in [3.63, 3.8) is 0 Å². The summed E-state index contributed by atoms with van der Waals surface area (Å²) in [5.74, 6) is -0.378. The summed E-state index contributed by atoms with van der Waals surface area (Å²) in [7, 11) is 0. The molecule has 4 rings (SSSR count). The van der Waals surface area contributed by atoms with Crippen molar-refractivity contribution in [1.29, 1.82) is 0 Å². The van der Waals surface area contributed by atoms with E-state index in [4.69, 9.17) is 16.3 Å². The van der Waals surface area contributed by atoms with E-state index in [0.29, 0.717) is 34.7 Å². The van der Waals surface area contributed by atoms with Crippen molar-refractivity contribution in [2.75, 3.05) is 11.5 Å². The van der Waals surface area contributed by atoms with Crippen LogP contribution >= 0.6 is 11.6 Å². The lowest BCUT2D eigenvalue weighted by Crippen LogP contribution is -2.31. The summed E-state index contributed by atoms with van der Waals surface area (Å²) in [5.41, 5.74) is -1.08. The van der Waals surface area contributed by atoms with E-state index in [0.717, 1.165) is 29.8 Å². The molecule has 1 unspecified atom stereocenters. The minimum atomic E-state index is -4.77. The lowest BCUT2D eigenvalue weighted by Gasteiger charge is -2.34. The molecule has 42 heavy (non-hydrogen) atoms. The molecule has 0 radical (unpaired) electrons. The van der Waals surface area contributed by atoms with Gasteiger partial charge in [-0.1, -0.05) is 42.8 Å². The summed E-state index contributed by atoms with van der Waals surface area (Å²) in [4.78, 5) is 1.41. The van der Waals surface area contributed by atoms with Gasteiger partial charge in [-0.3, -0.25) is 0 Å². The van der Waals surface area contributed by atoms with E-state index in [1.54, 1.807) is 42.5 Å². The fourth-order valence-corrected chi connectivity index (χ4v) is 4.72. The Morgan fingerprint density at radius 1 is 0.786 bits per heavy atom. The molecule has 11 heteroatoms. The zero-order valence-electron chi connectivity index (χ0n) is 22.1. The highest BCUT2D eigenvalue weighted by atomic mass is 35.5. The molecule has 3 nitrogen and oxygen atoms in total. The van der Waals surface area contributed by atoms with E-state index in [2.05, 4.69) is 0 Å². The highest BCUT2D eigenvalue weighted by Crippen LogP contribution is 2.37. The van der Waals surface area contributed by atoms with Gasteiger partial charge in [-0.05, 0) is 72.1 Å². The van der Waals surface area contributed by atoms with Crippen LogP contribution in [0.15, 0.2) is 84.9 Å². The van der Waals surface area contributed by atoms with Gasteiger partial charge in [0.2, 0.25) is 0 Å². The second-order valence-electron chi connectivity index (χ2n) is 9.46. The maximum atomic E-state index is 14.9. The van der Waals surface area contributed by atoms with E-state index < -0.39 is 41.9 Å². The van der Waals surface area contributed by atoms with Gasteiger partial charge in [0.05, 0.1) is 23.8 Å². The van der Waals surface area contributed by atoms with E-state index in [1.165, 1.54) is 17.0 Å². The zero-order chi connectivity index (χ0) is 30.7. The number of nitrogens with zero attached hydrogens (tertiary/aromatic N) is 1. The topological polar surface area (TPSA) is 32.7 Å². The molecule has 4 aromatic carbocycles. The Balaban J connectivity index is 1.77. The van der Waals surface area contributed by atoms with Crippen molar-refractivity contribution in [3.05, 3.63) is 124 Å². The molecule has 0 aromatic heterocycles. The lowest BCUT2D eigenvalue weighted by atomic mass is 10.0. The van der Waals surface area contributed by atoms with Crippen molar-refractivity contribution in [1.82, 2.24) is 0 Å². The van der Waals surface area contributed by atoms with E-state index in [-0.39, 0.29) is 17.7 Å². The predicted molar refractivity (Wildman–Crippen MR) is 146 cm³/mol. The number of aliphatic hydroxyl groups excluding tert-OH is 1. The number of aliphatic hydroxyl groups is 1. The molecule has 0 saturated carbocycles. The first-order valence-electron chi connectivity index (χ1n) is 12.8. The second kappa shape index (κ2) is 12.6. The fraction of sp³-hybridized carbons (Fsp3) is 0.226. The van der Waals surface area contributed by atoms with Crippen LogP contribution < -0.4 is 9.64 Å². The van der Waals surface area contributed by atoms with Crippen LogP contribution in [0.25, 0.3) is 0 Å². The summed E-state index contributed by atoms with van der Waals surface area (Å²) in [6, 6.07) is 16.6. The molecule has 222 valence electrons. The van der Waals surface area contributed by atoms with E-state index >= 15 is 0 Å². The minimum Gasteiger partial charge on any atom is -0.457 e. The highest BCUT2D eigenvalue weighted by molar-refractivity contribution is 6.31. The number of hydrogen-bond donors (Lipinski definition) is 1. The number of ether oxygens (including phenoxy) is 1. The van der Waals surface area contributed by atoms with Gasteiger partial charge in [-0.25, -0.2) is 4.39 Å². The number of anilines is 1. The molecule has 4 aromatic rings. The molecular weight excluding hydrogens is 587 g/mol. The van der Waals surface area contributed by atoms with Crippen LogP contribution in [0, 0.1) is 5.82 Å². The van der Waals surface area contributed by atoms with Crippen molar-refractivity contribution >= 4 is 17.3 Å². The average molecular weight is 612 g/mol. The van der Waals surface area contributed by atoms with Crippen LogP contribution in [-0.4, -0.2) is 11.7 Å². The Kier molecular flexibility index (Phi) is 9.37. The molecule has 0 saturated heterocycles. The van der Waals surface area contributed by atoms with Crippen molar-refractivity contribution in [2.45, 2.75) is 38.3 Å². The quantitative estimate of drug-likeness (QED) is 0.191. The monoisotopic (exact) mass is 611 g/mol. The van der Waals surface area contributed by atoms with Crippen LogP contribution in [0.4, 0.5) is 36.4 Å². The number of aryl methyl sites for hydroxylation is 1. The Bertz CT molecular complexity index is 1540. The zero-order valence-corrected chi connectivity index (χ0v) is 22.9. The molecule has 0 aliphatic rings. The van der Waals surface area contributed by atoms with Crippen LogP contribution in [0.2, 0.25) is 5.02 Å². The van der Waals surface area contributed by atoms with Gasteiger partial charge in [-0.2, -0.15) is 26.3 Å². The average Bonchev–Trinajstić information content (AvgIpc) is 2.94. The largest absolute Gasteiger partial charge is 0.457 e. The van der Waals surface area contributed by atoms with E-state index in [1.807, 2.05) is 6.92 Å². The lowest BCUT2D eigenvalue weighted by molar-refractivity contribution is -0.138. The predicted octanol–water partition coefficient (Wildman–Crippen LogP) is 9.61. The summed E-state index contributed by atoms with van der Waals surface area (Å²) in [5, 5.41) is 10.9. The Labute approximate surface area is 242 Å². The van der Waals surface area contributed by atoms with Gasteiger partial charge in [0.25, 0.3) is 0 Å². The van der Waals surface area contributed by atoms with Crippen LogP contribution in [0.5, 0.6) is 11.5 Å². The summed E-state index contributed by atoms with van der Waals surface area (Å²) in [6.07, 6.45) is -8.78. The number of hydrogen-bond acceptors (Lipinski definition) is 3. The van der Waals surface area contributed by atoms with Gasteiger partial charge in [0.15, 0.2) is 0 Å². The third kappa shape index (κ3) is 7.35. The standard InChI is InChI=1S/C31H25ClF7NO2/c1-2-19-14-26(11-12-27(19)32)42-25-8-4-7-24(16-25)40(17-21-9-10-23(15-28(21)33)31(37,38)39)29(18-41)20-5-3-6-22(13-20)30(34,35)36/h3-16,29,41H,2,17-18H2,1H3. The maximum Gasteiger partial charge on any atom is 0.416 e. The Morgan fingerprint density at radius 3 is 2.10 bits per heavy atom. The molecule has 0 heterocycles. The van der Waals surface area contributed by atoms with Crippen molar-refractivity contribution in [3.8, 4) is 11.5 Å². The molecule has 0 bridgehead atoms. The number of benzene rings is 4. The van der Waals surface area contributed by atoms with Crippen molar-refractivity contribution in [2.24, 2.45) is 0 Å². The normalized spacial score (nSPS) is 12.7. The smallest absolute Gasteiger partial charge is 0.416 e. The first-order chi connectivity index (χ1) is 19.8. The first-order valence-corrected chi connectivity index (χ1v) is 13.1. The van der Waals surface area contributed by atoms with Crippen LogP contribution in [-0.2, 0) is 25.3 Å². The Hall–Kier alpha value is -3.76. The maximum absolute atomic E-state index is 14.9. The molecule has 0 aliphatic carbocycles. The van der Waals surface area contributed by atoms with Gasteiger partial charge in [0.1, 0.15) is 17.3 Å². The third-order valence-electron chi connectivity index (χ3n) is 6.65. The number of rotatable bonds is 9. The summed E-state index contributed by atoms with van der Waals surface area (Å²) >= 11 is 6.19. The van der Waals surface area contributed by atoms with Crippen molar-refractivity contribution < 1.29 is 40.6 Å². The summed E-state index contributed by atoms with van der Waals surface area (Å²) in [6.45, 7) is 0.855. The van der Waals surface area contributed by atoms with Gasteiger partial charge < -0.3 is 14.7 Å². The first kappa shape index (κ1) is 31.2. The molecular formula is C31H25ClF7NO2. The number of alkyl halides is 6. The molecule has 0 spiro atoms. The Morgan fingerprint density at radius 2 is 1.45 bits per heavy atom. The van der Waals surface area contributed by atoms with Crippen LogP contribution in [0.3, 0.4) is 0 Å². The minimum absolute atomic E-state index is 0.0660. The van der Waals surface area contributed by atoms with E-state index in [9.17, 15) is 35.8 Å². The molecule has 0 fully saturated rings. The highest BCUT2D eigenvalue weighted by Gasteiger charge is 2.33. The third-order valence-corrected chi connectivity index (χ3v) is 7.02. The van der Waals surface area contributed by atoms with Gasteiger partial charge in [0, 0.05) is 28.9 Å². The van der Waals surface area contributed by atoms with Gasteiger partial charge >= 0.3 is 12.4 Å². The molecule has 1 N–H and O–H groups in total. The second-order valence-corrected chi connectivity index (χ2v) is 9.87. The molecule has 0 aliphatic heterocycles. The SMILES string of the molecule is CCc1cc(Oc2cccc(N(Cc3ccc(C(F)(F)F)cc3F)C(CO)c3cccc(C(F)(F)F)c3)c2)ccc1Cl.